The van der Waals surface area contributed by atoms with Gasteiger partial charge in [-0.3, -0.25) is 4.79 Å². The summed E-state index contributed by atoms with van der Waals surface area (Å²) < 4.78 is 34.1. The van der Waals surface area contributed by atoms with E-state index in [0.717, 1.165) is 11.3 Å². The number of hydrogen-bond donors (Lipinski definition) is 1. The number of fused-ring (bicyclic) bond motifs is 1. The zero-order chi connectivity index (χ0) is 20.6. The molecule has 10 nitrogen and oxygen atoms in total. The number of amides is 2. The Hall–Kier alpha value is -2.40. The van der Waals surface area contributed by atoms with Gasteiger partial charge >= 0.3 is 12.1 Å². The summed E-state index contributed by atoms with van der Waals surface area (Å²) in [6.07, 6.45) is 1.49. The molecule has 1 N–H and O–H groups in total. The van der Waals surface area contributed by atoms with Crippen LogP contribution in [0.1, 0.15) is 20.8 Å². The highest BCUT2D eigenvalue weighted by atomic mass is 32.2. The van der Waals surface area contributed by atoms with Gasteiger partial charge in [-0.25, -0.2) is 28.0 Å². The number of ether oxygens (including phenoxy) is 2. The lowest BCUT2D eigenvalue weighted by molar-refractivity contribution is -0.146. The molecule has 0 bridgehead atoms. The first-order valence-electron chi connectivity index (χ1n) is 8.14. The third-order valence-corrected chi connectivity index (χ3v) is 4.87. The number of hydrogen-bond acceptors (Lipinski definition) is 8. The zero-order valence-corrected chi connectivity index (χ0v) is 16.5. The topological polar surface area (TPSA) is 122 Å². The summed E-state index contributed by atoms with van der Waals surface area (Å²) in [4.78, 5) is 36.8. The predicted molar refractivity (Wildman–Crippen MR) is 94.6 cm³/mol. The zero-order valence-electron chi connectivity index (χ0n) is 15.6. The van der Waals surface area contributed by atoms with Crippen LogP contribution in [0.15, 0.2) is 23.3 Å². The van der Waals surface area contributed by atoms with Crippen LogP contribution >= 0.6 is 0 Å². The van der Waals surface area contributed by atoms with Crippen LogP contribution in [-0.4, -0.2) is 74.0 Å². The fourth-order valence-corrected chi connectivity index (χ4v) is 3.56. The van der Waals surface area contributed by atoms with E-state index in [1.165, 1.54) is 11.1 Å². The predicted octanol–water partition coefficient (Wildman–Crippen LogP) is -0.0621. The quantitative estimate of drug-likeness (QED) is 0.502. The summed E-state index contributed by atoms with van der Waals surface area (Å²) in [6, 6.07) is -0.983. The van der Waals surface area contributed by atoms with Gasteiger partial charge in [0.15, 0.2) is 15.5 Å². The molecule has 1 fully saturated rings. The van der Waals surface area contributed by atoms with Gasteiger partial charge in [0, 0.05) is 12.8 Å². The second-order valence-corrected chi connectivity index (χ2v) is 9.16. The van der Waals surface area contributed by atoms with Crippen molar-refractivity contribution in [2.24, 2.45) is 0 Å². The van der Waals surface area contributed by atoms with Crippen LogP contribution in [0.5, 0.6) is 0 Å². The van der Waals surface area contributed by atoms with Crippen LogP contribution in [-0.2, 0) is 28.9 Å². The Morgan fingerprint density at radius 3 is 2.52 bits per heavy atom. The smallest absolute Gasteiger partial charge is 0.408 e. The second kappa shape index (κ2) is 7.31. The van der Waals surface area contributed by atoms with Gasteiger partial charge in [-0.15, -0.1) is 0 Å². The minimum absolute atomic E-state index is 0.00463. The number of nitrogens with one attached hydrogen (secondary N) is 1. The van der Waals surface area contributed by atoms with Crippen LogP contribution in [0.25, 0.3) is 0 Å². The molecule has 0 aliphatic carbocycles. The van der Waals surface area contributed by atoms with Gasteiger partial charge in [0.2, 0.25) is 0 Å². The van der Waals surface area contributed by atoms with Gasteiger partial charge in [-0.1, -0.05) is 12.7 Å². The van der Waals surface area contributed by atoms with E-state index >= 15 is 0 Å². The maximum atomic E-state index is 12.7. The van der Waals surface area contributed by atoms with Crippen LogP contribution in [0.2, 0.25) is 0 Å². The molecule has 2 aliphatic rings. The van der Waals surface area contributed by atoms with Crippen molar-refractivity contribution in [1.29, 1.82) is 0 Å². The minimum atomic E-state index is -3.75. The molecular weight excluding hydrogens is 378 g/mol. The second-order valence-electron chi connectivity index (χ2n) is 7.13. The van der Waals surface area contributed by atoms with E-state index in [2.05, 4.69) is 11.9 Å². The van der Waals surface area contributed by atoms with E-state index in [0.29, 0.717) is 0 Å². The Bertz CT molecular complexity index is 810. The minimum Gasteiger partial charge on any atom is -0.457 e. The van der Waals surface area contributed by atoms with Gasteiger partial charge in [0.25, 0.3) is 5.91 Å². The Kier molecular flexibility index (Phi) is 5.66. The molecule has 0 aromatic heterocycles. The average molecular weight is 401 g/mol. The summed E-state index contributed by atoms with van der Waals surface area (Å²) in [5, 5.41) is 4.75. The standard InChI is InChI=1S/C16H23N3O7S/c1-6-7-25-14(21)12-11(27(5,23)24)9-18-8-10(13(20)19(12)18)17-15(22)26-16(2,3)4/h6,10H,1,7-9H2,2-5H3,(H,17,22). The summed E-state index contributed by atoms with van der Waals surface area (Å²) in [5.74, 6) is -1.60. The lowest BCUT2D eigenvalue weighted by atomic mass is 10.2. The molecule has 11 heteroatoms. The molecule has 1 atom stereocenters. The fourth-order valence-electron chi connectivity index (χ4n) is 2.66. The third-order valence-electron chi connectivity index (χ3n) is 3.65. The first kappa shape index (κ1) is 20.9. The lowest BCUT2D eigenvalue weighted by Crippen LogP contribution is -2.45. The third kappa shape index (κ3) is 4.66. The molecule has 2 rings (SSSR count). The van der Waals surface area contributed by atoms with Gasteiger partial charge in [-0.05, 0) is 20.8 Å². The van der Waals surface area contributed by atoms with Crippen molar-refractivity contribution in [2.75, 3.05) is 26.0 Å². The molecule has 1 unspecified atom stereocenters. The number of hydrazine groups is 1. The van der Waals surface area contributed by atoms with E-state index in [4.69, 9.17) is 9.47 Å². The van der Waals surface area contributed by atoms with Crippen LogP contribution in [0.3, 0.4) is 0 Å². The molecule has 27 heavy (non-hydrogen) atoms. The normalized spacial score (nSPS) is 20.5. The molecule has 0 saturated carbocycles. The Morgan fingerprint density at radius 1 is 1.37 bits per heavy atom. The number of esters is 1. The number of nitrogens with zero attached hydrogens (tertiary/aromatic N) is 2. The van der Waals surface area contributed by atoms with Gasteiger partial charge in [0.1, 0.15) is 18.2 Å². The molecule has 0 aromatic rings. The van der Waals surface area contributed by atoms with Crippen LogP contribution < -0.4 is 5.32 Å². The Morgan fingerprint density at radius 2 is 2.00 bits per heavy atom. The van der Waals surface area contributed by atoms with Crippen molar-refractivity contribution in [3.05, 3.63) is 23.3 Å². The molecule has 150 valence electrons. The summed E-state index contributed by atoms with van der Waals surface area (Å²) >= 11 is 0. The molecule has 2 heterocycles. The molecule has 2 aliphatic heterocycles. The van der Waals surface area contributed by atoms with Gasteiger partial charge < -0.3 is 14.8 Å². The Labute approximate surface area is 157 Å². The highest BCUT2D eigenvalue weighted by Gasteiger charge is 2.50. The van der Waals surface area contributed by atoms with Crippen LogP contribution in [0.4, 0.5) is 4.79 Å². The highest BCUT2D eigenvalue weighted by molar-refractivity contribution is 7.94. The number of carbonyl (C=O) groups excluding carboxylic acids is 3. The lowest BCUT2D eigenvalue weighted by Gasteiger charge is -2.21. The molecular formula is C16H23N3O7S. The molecule has 0 aromatic carbocycles. The first-order chi connectivity index (χ1) is 12.3. The maximum Gasteiger partial charge on any atom is 0.408 e. The van der Waals surface area contributed by atoms with E-state index < -0.39 is 39.4 Å². The largest absolute Gasteiger partial charge is 0.457 e. The molecule has 0 spiro atoms. The maximum absolute atomic E-state index is 12.7. The van der Waals surface area contributed by atoms with E-state index in [1.54, 1.807) is 20.8 Å². The van der Waals surface area contributed by atoms with E-state index in [-0.39, 0.29) is 30.3 Å². The van der Waals surface area contributed by atoms with Crippen molar-refractivity contribution in [3.8, 4) is 0 Å². The van der Waals surface area contributed by atoms with Crippen molar-refractivity contribution >= 4 is 27.8 Å². The molecule has 0 radical (unpaired) electrons. The number of alkyl carbamates (subject to hydrolysis) is 1. The molecule has 2 amide bonds. The average Bonchev–Trinajstić information content (AvgIpc) is 3.00. The molecule has 1 saturated heterocycles. The Balaban J connectivity index is 2.26. The SMILES string of the molecule is C=CCOC(=O)C1=C(S(C)(=O)=O)CN2CC(NC(=O)OC(C)(C)C)C(=O)N12. The monoisotopic (exact) mass is 401 g/mol. The number of carbonyl (C=O) groups is 3. The van der Waals surface area contributed by atoms with E-state index in [1.807, 2.05) is 0 Å². The van der Waals surface area contributed by atoms with Crippen molar-refractivity contribution in [3.63, 3.8) is 0 Å². The summed E-state index contributed by atoms with van der Waals surface area (Å²) in [6.45, 7) is 8.15. The van der Waals surface area contributed by atoms with Crippen molar-refractivity contribution < 1.29 is 32.3 Å². The summed E-state index contributed by atoms with van der Waals surface area (Å²) in [5.41, 5.74) is -1.11. The van der Waals surface area contributed by atoms with Crippen molar-refractivity contribution in [1.82, 2.24) is 15.3 Å². The van der Waals surface area contributed by atoms with Crippen LogP contribution in [0, 0.1) is 0 Å². The number of rotatable bonds is 5. The fraction of sp³-hybridized carbons (Fsp3) is 0.562. The van der Waals surface area contributed by atoms with Crippen molar-refractivity contribution in [2.45, 2.75) is 32.4 Å². The van der Waals surface area contributed by atoms with Gasteiger partial charge in [0.05, 0.1) is 11.4 Å². The highest BCUT2D eigenvalue weighted by Crippen LogP contribution is 2.32. The number of sulfone groups is 1. The first-order valence-corrected chi connectivity index (χ1v) is 10.0. The van der Waals surface area contributed by atoms with E-state index in [9.17, 15) is 22.8 Å². The van der Waals surface area contributed by atoms with Gasteiger partial charge in [-0.2, -0.15) is 0 Å². The summed E-state index contributed by atoms with van der Waals surface area (Å²) in [7, 11) is -3.75.